The van der Waals surface area contributed by atoms with Gasteiger partial charge in [-0.3, -0.25) is 0 Å². The van der Waals surface area contributed by atoms with Gasteiger partial charge in [0.15, 0.2) is 12.2 Å². The summed E-state index contributed by atoms with van der Waals surface area (Å²) in [6.07, 6.45) is 17.7. The van der Waals surface area contributed by atoms with Gasteiger partial charge in [-0.05, 0) is 62.8 Å². The maximum Gasteiger partial charge on any atom is 0.347 e. The van der Waals surface area contributed by atoms with Gasteiger partial charge in [0, 0.05) is 0 Å². The van der Waals surface area contributed by atoms with Crippen LogP contribution in [0.4, 0.5) is 0 Å². The molecule has 2 rings (SSSR count). The zero-order valence-corrected chi connectivity index (χ0v) is 27.5. The molecule has 0 heterocycles. The topological polar surface area (TPSA) is 71.1 Å². The number of hydrogen-bond donors (Lipinski definition) is 0. The second kappa shape index (κ2) is 25.3. The number of benzene rings is 2. The Hall–Kier alpha value is -3.02. The molecule has 0 aliphatic carbocycles. The second-order valence-electron chi connectivity index (χ2n) is 11.7. The summed E-state index contributed by atoms with van der Waals surface area (Å²) >= 11 is 0. The maximum atomic E-state index is 12.9. The highest BCUT2D eigenvalue weighted by Gasteiger charge is 2.23. The van der Waals surface area contributed by atoms with E-state index in [4.69, 9.17) is 18.9 Å². The summed E-state index contributed by atoms with van der Waals surface area (Å²) in [5.41, 5.74) is 0. The van der Waals surface area contributed by atoms with E-state index in [-0.39, 0.29) is 25.2 Å². The van der Waals surface area contributed by atoms with Gasteiger partial charge >= 0.3 is 11.9 Å². The lowest BCUT2D eigenvalue weighted by atomic mass is 10.1. The van der Waals surface area contributed by atoms with Crippen LogP contribution in [0.1, 0.15) is 129 Å². The van der Waals surface area contributed by atoms with Crippen LogP contribution in [0, 0.1) is 0 Å². The predicted molar refractivity (Wildman–Crippen MR) is 178 cm³/mol. The molecule has 0 radical (unpaired) electrons. The van der Waals surface area contributed by atoms with E-state index in [1.807, 2.05) is 60.7 Å². The standard InChI is InChI=1S/C38H58O6/c1-3-5-7-9-11-13-21-29-35(43-33-25-17-15-18-26-33)37(39)41-31-23-24-32-42-38(40)36(44-34-27-19-16-20-28-34)30-22-14-12-10-8-6-4-2/h15-20,25-28,35-36H,3-14,21-24,29-32H2,1-2H3. The van der Waals surface area contributed by atoms with E-state index in [1.54, 1.807) is 0 Å². The molecule has 0 fully saturated rings. The predicted octanol–water partition coefficient (Wildman–Crippen LogP) is 10.0. The van der Waals surface area contributed by atoms with Gasteiger partial charge in [-0.25, -0.2) is 9.59 Å². The van der Waals surface area contributed by atoms with Crippen LogP contribution in [0.2, 0.25) is 0 Å². The van der Waals surface area contributed by atoms with Crippen LogP contribution in [0.25, 0.3) is 0 Å². The Bertz CT molecular complexity index is 884. The Morgan fingerprint density at radius 1 is 0.477 bits per heavy atom. The number of rotatable bonds is 27. The van der Waals surface area contributed by atoms with Crippen molar-refractivity contribution in [3.05, 3.63) is 60.7 Å². The minimum atomic E-state index is -0.617. The quantitative estimate of drug-likeness (QED) is 0.0740. The van der Waals surface area contributed by atoms with E-state index in [9.17, 15) is 9.59 Å². The van der Waals surface area contributed by atoms with E-state index < -0.39 is 12.2 Å². The minimum absolute atomic E-state index is 0.268. The van der Waals surface area contributed by atoms with Gasteiger partial charge in [0.05, 0.1) is 13.2 Å². The fourth-order valence-electron chi connectivity index (χ4n) is 5.09. The van der Waals surface area contributed by atoms with E-state index in [1.165, 1.54) is 64.2 Å². The van der Waals surface area contributed by atoms with Crippen molar-refractivity contribution in [1.29, 1.82) is 0 Å². The van der Waals surface area contributed by atoms with Gasteiger partial charge in [0.25, 0.3) is 0 Å². The number of carbonyl (C=O) groups is 2. The molecule has 0 aromatic heterocycles. The number of ether oxygens (including phenoxy) is 4. The molecular formula is C38H58O6. The molecule has 6 heteroatoms. The highest BCUT2D eigenvalue weighted by atomic mass is 16.6. The normalized spacial score (nSPS) is 12.3. The van der Waals surface area contributed by atoms with Gasteiger partial charge in [-0.2, -0.15) is 0 Å². The first-order chi connectivity index (χ1) is 21.6. The molecule has 0 bridgehead atoms. The average Bonchev–Trinajstić information content (AvgIpc) is 3.05. The summed E-state index contributed by atoms with van der Waals surface area (Å²) in [4.78, 5) is 25.8. The number of unbranched alkanes of at least 4 members (excludes halogenated alkanes) is 13. The van der Waals surface area contributed by atoms with Crippen LogP contribution in [-0.4, -0.2) is 37.4 Å². The van der Waals surface area contributed by atoms with Gasteiger partial charge in [0.2, 0.25) is 0 Å². The molecule has 0 spiro atoms. The van der Waals surface area contributed by atoms with Crippen LogP contribution in [0.15, 0.2) is 60.7 Å². The Morgan fingerprint density at radius 3 is 1.18 bits per heavy atom. The zero-order valence-electron chi connectivity index (χ0n) is 27.5. The van der Waals surface area contributed by atoms with Crippen molar-refractivity contribution in [2.24, 2.45) is 0 Å². The van der Waals surface area contributed by atoms with Crippen molar-refractivity contribution in [3.63, 3.8) is 0 Å². The third-order valence-electron chi connectivity index (χ3n) is 7.74. The van der Waals surface area contributed by atoms with Crippen LogP contribution in [0.5, 0.6) is 11.5 Å². The van der Waals surface area contributed by atoms with Crippen LogP contribution in [-0.2, 0) is 19.1 Å². The molecule has 0 saturated carbocycles. The monoisotopic (exact) mass is 610 g/mol. The molecule has 2 aromatic rings. The van der Waals surface area contributed by atoms with Crippen molar-refractivity contribution in [2.75, 3.05) is 13.2 Å². The number of para-hydroxylation sites is 2. The maximum absolute atomic E-state index is 12.9. The molecule has 0 saturated heterocycles. The first-order valence-electron chi connectivity index (χ1n) is 17.4. The summed E-state index contributed by atoms with van der Waals surface area (Å²) in [6, 6.07) is 18.9. The molecule has 2 atom stereocenters. The van der Waals surface area contributed by atoms with E-state index in [0.29, 0.717) is 37.2 Å². The summed E-state index contributed by atoms with van der Waals surface area (Å²) in [6.45, 7) is 4.98. The Kier molecular flexibility index (Phi) is 21.4. The largest absolute Gasteiger partial charge is 0.479 e. The smallest absolute Gasteiger partial charge is 0.347 e. The molecule has 0 N–H and O–H groups in total. The molecule has 2 aromatic carbocycles. The molecule has 2 unspecified atom stereocenters. The Labute approximate surface area is 267 Å². The lowest BCUT2D eigenvalue weighted by Crippen LogP contribution is -2.30. The lowest BCUT2D eigenvalue weighted by molar-refractivity contribution is -0.154. The first kappa shape index (κ1) is 37.2. The fourth-order valence-corrected chi connectivity index (χ4v) is 5.09. The van der Waals surface area contributed by atoms with Gasteiger partial charge in [-0.15, -0.1) is 0 Å². The van der Waals surface area contributed by atoms with E-state index in [0.717, 1.165) is 25.7 Å². The molecule has 0 aliphatic rings. The first-order valence-corrected chi connectivity index (χ1v) is 17.4. The summed E-state index contributed by atoms with van der Waals surface area (Å²) in [5, 5.41) is 0. The number of hydrogen-bond acceptors (Lipinski definition) is 6. The highest BCUT2D eigenvalue weighted by Crippen LogP contribution is 2.19. The van der Waals surface area contributed by atoms with Gasteiger partial charge < -0.3 is 18.9 Å². The summed E-state index contributed by atoms with van der Waals surface area (Å²) < 4.78 is 23.2. The number of carbonyl (C=O) groups excluding carboxylic acids is 2. The minimum Gasteiger partial charge on any atom is -0.479 e. The zero-order chi connectivity index (χ0) is 31.5. The van der Waals surface area contributed by atoms with Gasteiger partial charge in [0.1, 0.15) is 11.5 Å². The van der Waals surface area contributed by atoms with Crippen molar-refractivity contribution in [1.82, 2.24) is 0 Å². The molecule has 6 nitrogen and oxygen atoms in total. The van der Waals surface area contributed by atoms with Crippen molar-refractivity contribution >= 4 is 11.9 Å². The second-order valence-corrected chi connectivity index (χ2v) is 11.7. The summed E-state index contributed by atoms with van der Waals surface area (Å²) in [7, 11) is 0. The highest BCUT2D eigenvalue weighted by molar-refractivity contribution is 5.75. The summed E-state index contributed by atoms with van der Waals surface area (Å²) in [5.74, 6) is 0.687. The third kappa shape index (κ3) is 17.9. The Balaban J connectivity index is 1.72. The molecule has 246 valence electrons. The van der Waals surface area contributed by atoms with Crippen molar-refractivity contribution in [3.8, 4) is 11.5 Å². The van der Waals surface area contributed by atoms with Crippen molar-refractivity contribution in [2.45, 2.75) is 142 Å². The molecule has 0 aliphatic heterocycles. The van der Waals surface area contributed by atoms with Crippen molar-refractivity contribution < 1.29 is 28.5 Å². The third-order valence-corrected chi connectivity index (χ3v) is 7.74. The molecular weight excluding hydrogens is 552 g/mol. The fraction of sp³-hybridized carbons (Fsp3) is 0.632. The average molecular weight is 611 g/mol. The van der Waals surface area contributed by atoms with E-state index >= 15 is 0 Å². The SMILES string of the molecule is CCCCCCCCCC(Oc1ccccc1)C(=O)OCCCCOC(=O)C(CCCCCCCCC)Oc1ccccc1. The van der Waals surface area contributed by atoms with Crippen LogP contribution in [0.3, 0.4) is 0 Å². The molecule has 0 amide bonds. The number of esters is 2. The lowest BCUT2D eigenvalue weighted by Gasteiger charge is -2.19. The molecule has 44 heavy (non-hydrogen) atoms. The van der Waals surface area contributed by atoms with Gasteiger partial charge in [-0.1, -0.05) is 127 Å². The Morgan fingerprint density at radius 2 is 0.818 bits per heavy atom. The van der Waals surface area contributed by atoms with Crippen LogP contribution < -0.4 is 9.47 Å². The van der Waals surface area contributed by atoms with E-state index in [2.05, 4.69) is 13.8 Å². The van der Waals surface area contributed by atoms with Crippen LogP contribution >= 0.6 is 0 Å².